The largest absolute Gasteiger partial charge is 0.362 e. The second-order valence-electron chi connectivity index (χ2n) is 3.25. The molecule has 0 aromatic carbocycles. The molecule has 2 aromatic rings. The van der Waals surface area contributed by atoms with Crippen LogP contribution in [0.3, 0.4) is 0 Å². The van der Waals surface area contributed by atoms with Crippen LogP contribution in [-0.2, 0) is 6.54 Å². The number of hydrogen-bond donors (Lipinski definition) is 1. The van der Waals surface area contributed by atoms with Crippen molar-refractivity contribution in [3.05, 3.63) is 35.6 Å². The normalized spacial score (nSPS) is 10.3. The highest BCUT2D eigenvalue weighted by Crippen LogP contribution is 2.09. The van der Waals surface area contributed by atoms with E-state index in [1.54, 1.807) is 13.1 Å². The number of aromatic nitrogens is 3. The van der Waals surface area contributed by atoms with Crippen LogP contribution < -0.4 is 5.32 Å². The molecule has 5 heteroatoms. The van der Waals surface area contributed by atoms with Gasteiger partial charge < -0.3 is 9.84 Å². The SMILES string of the molecule is Cc1nc(CNc2ncccc2C)no1. The van der Waals surface area contributed by atoms with E-state index in [1.165, 1.54) is 0 Å². The van der Waals surface area contributed by atoms with Gasteiger partial charge >= 0.3 is 0 Å². The lowest BCUT2D eigenvalue weighted by molar-refractivity contribution is 0.388. The summed E-state index contributed by atoms with van der Waals surface area (Å²) in [6, 6.07) is 3.90. The van der Waals surface area contributed by atoms with Crippen molar-refractivity contribution in [1.82, 2.24) is 15.1 Å². The first-order valence-corrected chi connectivity index (χ1v) is 4.70. The van der Waals surface area contributed by atoms with Crippen LogP contribution >= 0.6 is 0 Å². The number of rotatable bonds is 3. The first-order valence-electron chi connectivity index (χ1n) is 4.70. The molecule has 0 radical (unpaired) electrons. The molecule has 0 spiro atoms. The summed E-state index contributed by atoms with van der Waals surface area (Å²) >= 11 is 0. The number of anilines is 1. The predicted molar refractivity (Wildman–Crippen MR) is 55.3 cm³/mol. The highest BCUT2D eigenvalue weighted by Gasteiger charge is 2.03. The van der Waals surface area contributed by atoms with Gasteiger partial charge in [-0.05, 0) is 18.6 Å². The van der Waals surface area contributed by atoms with E-state index in [0.29, 0.717) is 18.3 Å². The standard InChI is InChI=1S/C10H12N4O/c1-7-4-3-5-11-10(7)12-6-9-13-8(2)15-14-9/h3-5H,6H2,1-2H3,(H,11,12). The molecule has 0 amide bonds. The first kappa shape index (κ1) is 9.64. The van der Waals surface area contributed by atoms with Gasteiger partial charge in [0.25, 0.3) is 0 Å². The van der Waals surface area contributed by atoms with Crippen molar-refractivity contribution in [2.75, 3.05) is 5.32 Å². The lowest BCUT2D eigenvalue weighted by atomic mass is 10.3. The molecule has 0 aliphatic carbocycles. The summed E-state index contributed by atoms with van der Waals surface area (Å²) in [5, 5.41) is 6.93. The van der Waals surface area contributed by atoms with E-state index >= 15 is 0 Å². The van der Waals surface area contributed by atoms with Crippen LogP contribution in [0.15, 0.2) is 22.9 Å². The molecule has 0 aliphatic rings. The average molecular weight is 204 g/mol. The van der Waals surface area contributed by atoms with Gasteiger partial charge in [-0.1, -0.05) is 11.2 Å². The summed E-state index contributed by atoms with van der Waals surface area (Å²) in [5.74, 6) is 2.06. The maximum Gasteiger partial charge on any atom is 0.223 e. The van der Waals surface area contributed by atoms with Gasteiger partial charge in [0.1, 0.15) is 5.82 Å². The van der Waals surface area contributed by atoms with Gasteiger partial charge in [0.2, 0.25) is 5.89 Å². The monoisotopic (exact) mass is 204 g/mol. The summed E-state index contributed by atoms with van der Waals surface area (Å²) in [4.78, 5) is 8.29. The molecule has 0 saturated heterocycles. The number of aryl methyl sites for hydroxylation is 2. The Morgan fingerprint density at radius 1 is 1.40 bits per heavy atom. The van der Waals surface area contributed by atoms with Gasteiger partial charge in [0.05, 0.1) is 6.54 Å². The third-order valence-corrected chi connectivity index (χ3v) is 1.99. The molecule has 0 atom stereocenters. The van der Waals surface area contributed by atoms with Crippen LogP contribution in [0.2, 0.25) is 0 Å². The molecule has 0 bridgehead atoms. The number of pyridine rings is 1. The Kier molecular flexibility index (Phi) is 2.62. The molecular weight excluding hydrogens is 192 g/mol. The van der Waals surface area contributed by atoms with Crippen LogP contribution in [0.5, 0.6) is 0 Å². The number of hydrogen-bond acceptors (Lipinski definition) is 5. The van der Waals surface area contributed by atoms with E-state index < -0.39 is 0 Å². The van der Waals surface area contributed by atoms with Crippen molar-refractivity contribution < 1.29 is 4.52 Å². The van der Waals surface area contributed by atoms with Crippen molar-refractivity contribution in [2.45, 2.75) is 20.4 Å². The average Bonchev–Trinajstić information content (AvgIpc) is 2.63. The Morgan fingerprint density at radius 3 is 2.93 bits per heavy atom. The van der Waals surface area contributed by atoms with Crippen LogP contribution in [0.4, 0.5) is 5.82 Å². The topological polar surface area (TPSA) is 63.8 Å². The second kappa shape index (κ2) is 4.08. The molecule has 2 heterocycles. The lowest BCUT2D eigenvalue weighted by Gasteiger charge is -2.04. The second-order valence-corrected chi connectivity index (χ2v) is 3.25. The molecule has 0 fully saturated rings. The zero-order valence-electron chi connectivity index (χ0n) is 8.69. The Morgan fingerprint density at radius 2 is 2.27 bits per heavy atom. The number of nitrogens with one attached hydrogen (secondary N) is 1. The van der Waals surface area contributed by atoms with Gasteiger partial charge in [0, 0.05) is 13.1 Å². The smallest absolute Gasteiger partial charge is 0.223 e. The summed E-state index contributed by atoms with van der Waals surface area (Å²) in [5.41, 5.74) is 1.10. The minimum absolute atomic E-state index is 0.523. The molecule has 2 rings (SSSR count). The van der Waals surface area contributed by atoms with Gasteiger partial charge in [-0.25, -0.2) is 4.98 Å². The third-order valence-electron chi connectivity index (χ3n) is 1.99. The van der Waals surface area contributed by atoms with E-state index in [-0.39, 0.29) is 0 Å². The van der Waals surface area contributed by atoms with Gasteiger partial charge in [-0.15, -0.1) is 0 Å². The molecule has 78 valence electrons. The summed E-state index contributed by atoms with van der Waals surface area (Å²) < 4.78 is 4.86. The fourth-order valence-corrected chi connectivity index (χ4v) is 1.25. The fourth-order valence-electron chi connectivity index (χ4n) is 1.25. The van der Waals surface area contributed by atoms with Crippen molar-refractivity contribution >= 4 is 5.82 Å². The molecular formula is C10H12N4O. The zero-order chi connectivity index (χ0) is 10.7. The van der Waals surface area contributed by atoms with Crippen molar-refractivity contribution in [3.63, 3.8) is 0 Å². The van der Waals surface area contributed by atoms with Crippen molar-refractivity contribution in [3.8, 4) is 0 Å². The highest BCUT2D eigenvalue weighted by molar-refractivity contribution is 5.42. The van der Waals surface area contributed by atoms with E-state index in [1.807, 2.05) is 19.1 Å². The van der Waals surface area contributed by atoms with Gasteiger partial charge in [-0.2, -0.15) is 4.98 Å². The summed E-state index contributed by atoms with van der Waals surface area (Å²) in [6.45, 7) is 4.29. The van der Waals surface area contributed by atoms with Gasteiger partial charge in [0.15, 0.2) is 5.82 Å². The maximum atomic E-state index is 4.86. The Bertz CT molecular complexity index is 452. The number of nitrogens with zero attached hydrogens (tertiary/aromatic N) is 3. The molecule has 0 unspecified atom stereocenters. The Hall–Kier alpha value is -1.91. The minimum atomic E-state index is 0.523. The van der Waals surface area contributed by atoms with Gasteiger partial charge in [-0.3, -0.25) is 0 Å². The van der Waals surface area contributed by atoms with Crippen LogP contribution in [0.1, 0.15) is 17.3 Å². The molecule has 1 N–H and O–H groups in total. The summed E-state index contributed by atoms with van der Waals surface area (Å²) in [7, 11) is 0. The summed E-state index contributed by atoms with van der Waals surface area (Å²) in [6.07, 6.45) is 1.75. The Labute approximate surface area is 87.5 Å². The minimum Gasteiger partial charge on any atom is -0.362 e. The zero-order valence-corrected chi connectivity index (χ0v) is 8.69. The van der Waals surface area contributed by atoms with E-state index in [0.717, 1.165) is 11.4 Å². The highest BCUT2D eigenvalue weighted by atomic mass is 16.5. The van der Waals surface area contributed by atoms with Crippen LogP contribution in [0, 0.1) is 13.8 Å². The third kappa shape index (κ3) is 2.31. The Balaban J connectivity index is 2.02. The molecule has 2 aromatic heterocycles. The molecule has 15 heavy (non-hydrogen) atoms. The lowest BCUT2D eigenvalue weighted by Crippen LogP contribution is -2.04. The molecule has 0 saturated carbocycles. The van der Waals surface area contributed by atoms with E-state index in [2.05, 4.69) is 20.4 Å². The quantitative estimate of drug-likeness (QED) is 0.824. The van der Waals surface area contributed by atoms with Crippen LogP contribution in [-0.4, -0.2) is 15.1 Å². The van der Waals surface area contributed by atoms with Crippen molar-refractivity contribution in [2.24, 2.45) is 0 Å². The van der Waals surface area contributed by atoms with E-state index in [4.69, 9.17) is 4.52 Å². The fraction of sp³-hybridized carbons (Fsp3) is 0.300. The predicted octanol–water partition coefficient (Wildman–Crippen LogP) is 1.69. The first-order chi connectivity index (χ1) is 7.25. The van der Waals surface area contributed by atoms with E-state index in [9.17, 15) is 0 Å². The molecule has 5 nitrogen and oxygen atoms in total. The molecule has 0 aliphatic heterocycles. The van der Waals surface area contributed by atoms with Crippen molar-refractivity contribution in [1.29, 1.82) is 0 Å². The maximum absolute atomic E-state index is 4.86. The van der Waals surface area contributed by atoms with Crippen LogP contribution in [0.25, 0.3) is 0 Å².